The fourth-order valence-corrected chi connectivity index (χ4v) is 2.72. The Kier molecular flexibility index (Phi) is 8.07. The van der Waals surface area contributed by atoms with Crippen molar-refractivity contribution in [2.24, 2.45) is 11.7 Å². The monoisotopic (exact) mass is 269 g/mol. The molecule has 0 bridgehead atoms. The van der Waals surface area contributed by atoms with Crippen LogP contribution in [0.4, 0.5) is 0 Å². The van der Waals surface area contributed by atoms with E-state index < -0.39 is 0 Å². The standard InChI is InChI=1S/C15H31N3O/c1-3-5-7-14(4-2)15(19)18-12-10-17(11-13-18)9-6-8-16/h14H,3-13,16H2,1-2H3. The van der Waals surface area contributed by atoms with Gasteiger partial charge in [-0.2, -0.15) is 0 Å². The van der Waals surface area contributed by atoms with Crippen LogP contribution in [0.5, 0.6) is 0 Å². The number of nitrogens with zero attached hydrogens (tertiary/aromatic N) is 2. The first kappa shape index (κ1) is 16.4. The number of piperazine rings is 1. The summed E-state index contributed by atoms with van der Waals surface area (Å²) in [7, 11) is 0. The largest absolute Gasteiger partial charge is 0.340 e. The highest BCUT2D eigenvalue weighted by molar-refractivity contribution is 5.78. The number of hydrogen-bond acceptors (Lipinski definition) is 3. The smallest absolute Gasteiger partial charge is 0.225 e. The van der Waals surface area contributed by atoms with Crippen molar-refractivity contribution in [1.82, 2.24) is 9.80 Å². The third kappa shape index (κ3) is 5.49. The Balaban J connectivity index is 2.34. The van der Waals surface area contributed by atoms with E-state index in [0.29, 0.717) is 5.91 Å². The lowest BCUT2D eigenvalue weighted by Gasteiger charge is -2.36. The zero-order valence-corrected chi connectivity index (χ0v) is 12.7. The molecule has 19 heavy (non-hydrogen) atoms. The van der Waals surface area contributed by atoms with E-state index in [2.05, 4.69) is 23.6 Å². The normalized spacial score (nSPS) is 18.6. The average Bonchev–Trinajstić information content (AvgIpc) is 2.46. The quantitative estimate of drug-likeness (QED) is 0.729. The molecule has 0 aromatic carbocycles. The van der Waals surface area contributed by atoms with Crippen molar-refractivity contribution in [1.29, 1.82) is 0 Å². The summed E-state index contributed by atoms with van der Waals surface area (Å²) in [6, 6.07) is 0. The summed E-state index contributed by atoms with van der Waals surface area (Å²) in [6.07, 6.45) is 5.44. The SMILES string of the molecule is CCCCC(CC)C(=O)N1CCN(CCCN)CC1. The maximum Gasteiger partial charge on any atom is 0.225 e. The zero-order chi connectivity index (χ0) is 14.1. The van der Waals surface area contributed by atoms with Gasteiger partial charge in [-0.3, -0.25) is 9.69 Å². The van der Waals surface area contributed by atoms with Crippen molar-refractivity contribution >= 4 is 5.91 Å². The van der Waals surface area contributed by atoms with E-state index in [1.54, 1.807) is 0 Å². The third-order valence-electron chi connectivity index (χ3n) is 4.11. The fraction of sp³-hybridized carbons (Fsp3) is 0.933. The van der Waals surface area contributed by atoms with Gasteiger partial charge in [0.1, 0.15) is 0 Å². The Morgan fingerprint density at radius 2 is 1.84 bits per heavy atom. The highest BCUT2D eigenvalue weighted by atomic mass is 16.2. The van der Waals surface area contributed by atoms with Gasteiger partial charge in [0, 0.05) is 32.1 Å². The Morgan fingerprint density at radius 3 is 2.37 bits per heavy atom. The molecule has 112 valence electrons. The Hall–Kier alpha value is -0.610. The lowest BCUT2D eigenvalue weighted by Crippen LogP contribution is -2.50. The number of carbonyl (C=O) groups excluding carboxylic acids is 1. The molecule has 1 amide bonds. The minimum atomic E-state index is 0.246. The second-order valence-electron chi connectivity index (χ2n) is 5.56. The summed E-state index contributed by atoms with van der Waals surface area (Å²) < 4.78 is 0. The van der Waals surface area contributed by atoms with Crippen molar-refractivity contribution in [3.8, 4) is 0 Å². The molecule has 1 fully saturated rings. The van der Waals surface area contributed by atoms with E-state index in [4.69, 9.17) is 5.73 Å². The van der Waals surface area contributed by atoms with Gasteiger partial charge >= 0.3 is 0 Å². The van der Waals surface area contributed by atoms with Gasteiger partial charge < -0.3 is 10.6 Å². The van der Waals surface area contributed by atoms with E-state index in [0.717, 1.165) is 58.5 Å². The summed E-state index contributed by atoms with van der Waals surface area (Å²) in [6.45, 7) is 9.97. The average molecular weight is 269 g/mol. The first-order valence-corrected chi connectivity index (χ1v) is 7.94. The summed E-state index contributed by atoms with van der Waals surface area (Å²) in [5.74, 6) is 0.630. The highest BCUT2D eigenvalue weighted by Gasteiger charge is 2.25. The molecule has 1 unspecified atom stereocenters. The van der Waals surface area contributed by atoms with Crippen molar-refractivity contribution in [2.45, 2.75) is 46.0 Å². The van der Waals surface area contributed by atoms with Crippen LogP contribution in [0, 0.1) is 5.92 Å². The number of amides is 1. The molecule has 4 nitrogen and oxygen atoms in total. The molecule has 1 atom stereocenters. The molecule has 1 heterocycles. The minimum absolute atomic E-state index is 0.246. The van der Waals surface area contributed by atoms with Crippen molar-refractivity contribution < 1.29 is 4.79 Å². The molecule has 0 spiro atoms. The molecule has 1 rings (SSSR count). The zero-order valence-electron chi connectivity index (χ0n) is 12.7. The maximum absolute atomic E-state index is 12.4. The number of hydrogen-bond donors (Lipinski definition) is 1. The molecule has 0 aromatic heterocycles. The number of nitrogens with two attached hydrogens (primary N) is 1. The molecule has 1 aliphatic heterocycles. The van der Waals surface area contributed by atoms with Gasteiger partial charge in [0.15, 0.2) is 0 Å². The van der Waals surface area contributed by atoms with Gasteiger partial charge in [-0.25, -0.2) is 0 Å². The van der Waals surface area contributed by atoms with Gasteiger partial charge in [-0.15, -0.1) is 0 Å². The lowest BCUT2D eigenvalue weighted by atomic mass is 9.97. The Bertz CT molecular complexity index is 250. The Morgan fingerprint density at radius 1 is 1.16 bits per heavy atom. The molecule has 0 radical (unpaired) electrons. The molecule has 4 heteroatoms. The number of unbranched alkanes of at least 4 members (excludes halogenated alkanes) is 1. The van der Waals surface area contributed by atoms with Crippen LogP contribution in [0.15, 0.2) is 0 Å². The van der Waals surface area contributed by atoms with E-state index in [-0.39, 0.29) is 5.92 Å². The molecule has 1 saturated heterocycles. The topological polar surface area (TPSA) is 49.6 Å². The molecule has 0 aliphatic carbocycles. The van der Waals surface area contributed by atoms with Crippen LogP contribution in [-0.2, 0) is 4.79 Å². The van der Waals surface area contributed by atoms with Gasteiger partial charge in [-0.05, 0) is 32.4 Å². The van der Waals surface area contributed by atoms with Crippen molar-refractivity contribution in [3.63, 3.8) is 0 Å². The van der Waals surface area contributed by atoms with E-state index in [1.165, 1.54) is 12.8 Å². The second-order valence-corrected chi connectivity index (χ2v) is 5.56. The first-order chi connectivity index (χ1) is 9.22. The fourth-order valence-electron chi connectivity index (χ4n) is 2.72. The summed E-state index contributed by atoms with van der Waals surface area (Å²) in [4.78, 5) is 16.9. The Labute approximate surface area is 118 Å². The van der Waals surface area contributed by atoms with Gasteiger partial charge in [0.2, 0.25) is 5.91 Å². The van der Waals surface area contributed by atoms with Crippen LogP contribution in [0.1, 0.15) is 46.0 Å². The van der Waals surface area contributed by atoms with E-state index in [9.17, 15) is 4.79 Å². The van der Waals surface area contributed by atoms with Crippen LogP contribution < -0.4 is 5.73 Å². The molecular formula is C15H31N3O. The predicted molar refractivity (Wildman–Crippen MR) is 80.0 cm³/mol. The molecule has 0 aromatic rings. The van der Waals surface area contributed by atoms with Gasteiger partial charge in [-0.1, -0.05) is 26.7 Å². The van der Waals surface area contributed by atoms with E-state index in [1.807, 2.05) is 0 Å². The van der Waals surface area contributed by atoms with Crippen LogP contribution >= 0.6 is 0 Å². The van der Waals surface area contributed by atoms with Crippen molar-refractivity contribution in [2.75, 3.05) is 39.3 Å². The second kappa shape index (κ2) is 9.32. The lowest BCUT2D eigenvalue weighted by molar-refractivity contribution is -0.137. The summed E-state index contributed by atoms with van der Waals surface area (Å²) >= 11 is 0. The number of rotatable bonds is 8. The summed E-state index contributed by atoms with van der Waals surface area (Å²) in [5.41, 5.74) is 5.53. The highest BCUT2D eigenvalue weighted by Crippen LogP contribution is 2.17. The first-order valence-electron chi connectivity index (χ1n) is 7.94. The van der Waals surface area contributed by atoms with Crippen LogP contribution in [0.3, 0.4) is 0 Å². The maximum atomic E-state index is 12.4. The predicted octanol–water partition coefficient (Wildman–Crippen LogP) is 1.70. The van der Waals surface area contributed by atoms with Gasteiger partial charge in [0.25, 0.3) is 0 Å². The summed E-state index contributed by atoms with van der Waals surface area (Å²) in [5, 5.41) is 0. The molecule has 2 N–H and O–H groups in total. The molecular weight excluding hydrogens is 238 g/mol. The van der Waals surface area contributed by atoms with E-state index >= 15 is 0 Å². The minimum Gasteiger partial charge on any atom is -0.340 e. The molecule has 0 saturated carbocycles. The van der Waals surface area contributed by atoms with Crippen molar-refractivity contribution in [3.05, 3.63) is 0 Å². The molecule has 1 aliphatic rings. The van der Waals surface area contributed by atoms with Crippen LogP contribution in [0.25, 0.3) is 0 Å². The third-order valence-corrected chi connectivity index (χ3v) is 4.11. The van der Waals surface area contributed by atoms with Gasteiger partial charge in [0.05, 0.1) is 0 Å². The van der Waals surface area contributed by atoms with Crippen LogP contribution in [0.2, 0.25) is 0 Å². The number of carbonyl (C=O) groups is 1. The van der Waals surface area contributed by atoms with Crippen LogP contribution in [-0.4, -0.2) is 55.0 Å².